The molecule has 6 aromatic rings. The molecule has 0 aliphatic heterocycles. The highest BCUT2D eigenvalue weighted by Crippen LogP contribution is 2.34. The molecule has 1 amide bonds. The predicted molar refractivity (Wildman–Crippen MR) is 213 cm³/mol. The van der Waals surface area contributed by atoms with Crippen molar-refractivity contribution in [3.05, 3.63) is 156 Å². The van der Waals surface area contributed by atoms with Crippen molar-refractivity contribution in [2.45, 2.75) is 70.6 Å². The summed E-state index contributed by atoms with van der Waals surface area (Å²) in [5.41, 5.74) is 4.75. The number of aryl methyl sites for hydroxylation is 1. The lowest BCUT2D eigenvalue weighted by molar-refractivity contribution is -0.149. The Hall–Kier alpha value is -5.01. The van der Waals surface area contributed by atoms with Crippen molar-refractivity contribution in [1.82, 2.24) is 15.6 Å². The van der Waals surface area contributed by atoms with Crippen LogP contribution >= 0.6 is 8.03 Å². The quantitative estimate of drug-likeness (QED) is 0.0603. The van der Waals surface area contributed by atoms with Crippen LogP contribution in [0.3, 0.4) is 0 Å². The van der Waals surface area contributed by atoms with E-state index >= 15 is 0 Å². The average Bonchev–Trinajstić information content (AvgIpc) is 3.60. The lowest BCUT2D eigenvalue weighted by atomic mass is 9.99. The molecule has 0 bridgehead atoms. The molecule has 1 aromatic heterocycles. The van der Waals surface area contributed by atoms with E-state index < -0.39 is 31.9 Å². The molecule has 274 valence electrons. The summed E-state index contributed by atoms with van der Waals surface area (Å²) >= 11 is 0. The van der Waals surface area contributed by atoms with Crippen molar-refractivity contribution in [2.24, 2.45) is 5.92 Å². The molecule has 0 saturated carbocycles. The number of hydrogen-bond donors (Lipinski definition) is 3. The number of para-hydroxylation sites is 1. The van der Waals surface area contributed by atoms with Gasteiger partial charge in [-0.05, 0) is 64.3 Å². The van der Waals surface area contributed by atoms with Crippen LogP contribution in [0.5, 0.6) is 0 Å². The number of nitrogens with one attached hydrogen (secondary N) is 3. The number of amides is 1. The summed E-state index contributed by atoms with van der Waals surface area (Å²) < 4.78 is 25.8. The van der Waals surface area contributed by atoms with Gasteiger partial charge >= 0.3 is 5.97 Å². The average molecular weight is 730 g/mol. The molecule has 0 saturated heterocycles. The smallest absolute Gasteiger partial charge is 0.329 e. The van der Waals surface area contributed by atoms with Gasteiger partial charge in [-0.15, -0.1) is 0 Å². The number of carbonyl (C=O) groups excluding carboxylic acids is 2. The summed E-state index contributed by atoms with van der Waals surface area (Å²) in [7, 11) is -2.70. The normalized spacial score (nSPS) is 13.8. The topological polar surface area (TPSA) is 110 Å². The van der Waals surface area contributed by atoms with Crippen molar-refractivity contribution in [2.75, 3.05) is 0 Å². The molecule has 6 rings (SSSR count). The van der Waals surface area contributed by atoms with Gasteiger partial charge in [0, 0.05) is 23.5 Å². The monoisotopic (exact) mass is 729 g/mol. The number of carbonyl (C=O) groups is 2. The fourth-order valence-electron chi connectivity index (χ4n) is 6.69. The highest BCUT2D eigenvalue weighted by atomic mass is 31.1. The van der Waals surface area contributed by atoms with Gasteiger partial charge in [0.25, 0.3) is 0 Å². The third kappa shape index (κ3) is 10.5. The summed E-state index contributed by atoms with van der Waals surface area (Å²) in [5.74, 6) is -1.35. The number of aromatic amines is 1. The minimum Gasteiger partial charge on any atom is -0.459 e. The second-order valence-corrected chi connectivity index (χ2v) is 15.5. The van der Waals surface area contributed by atoms with Gasteiger partial charge < -0.3 is 19.6 Å². The van der Waals surface area contributed by atoms with Crippen LogP contribution < -0.4 is 10.6 Å². The maximum absolute atomic E-state index is 14.3. The van der Waals surface area contributed by atoms with Gasteiger partial charge in [-0.1, -0.05) is 135 Å². The standard InChI is InChI=1S/C44H48N3O5P/c1-31(2)26-40(43(48)47-41(44(49)51-29-32-14-5-3-6-15-32)27-36-28-45-39-23-12-11-22-38(36)39)46-42(53(50)52-30-33-16-7-4-8-17-33)25-24-35-20-13-19-34-18-9-10-21-37(34)35/h3-23,28,31,40-42,45-46,53H,24-27,29-30H2,1-2H3,(H,47,48)/t40-,41-,42?/m0/s1. The number of rotatable bonds is 18. The van der Waals surface area contributed by atoms with E-state index in [-0.39, 0.29) is 31.5 Å². The summed E-state index contributed by atoms with van der Waals surface area (Å²) in [6.07, 6.45) is 3.69. The van der Waals surface area contributed by atoms with Gasteiger partial charge in [0.2, 0.25) is 13.9 Å². The summed E-state index contributed by atoms with van der Waals surface area (Å²) in [4.78, 5) is 31.3. The van der Waals surface area contributed by atoms with E-state index in [1.54, 1.807) is 0 Å². The lowest BCUT2D eigenvalue weighted by Gasteiger charge is -2.28. The first-order chi connectivity index (χ1) is 25.8. The number of esters is 1. The number of H-pyrrole nitrogens is 1. The molecule has 3 N–H and O–H groups in total. The summed E-state index contributed by atoms with van der Waals surface area (Å²) in [6.45, 7) is 4.37. The second kappa shape index (κ2) is 18.7. The largest absolute Gasteiger partial charge is 0.459 e. The van der Waals surface area contributed by atoms with Crippen LogP contribution in [0, 0.1) is 5.92 Å². The van der Waals surface area contributed by atoms with E-state index in [1.807, 2.05) is 123 Å². The molecule has 5 aromatic carbocycles. The molecule has 9 heteroatoms. The minimum absolute atomic E-state index is 0.0879. The SMILES string of the molecule is CC(C)C[C@H](NC(CCc1cccc2ccccc12)[PH](=O)OCc1ccccc1)C(=O)N[C@@H](Cc1c[nH]c2ccccc12)C(=O)OCc1ccccc1. The van der Waals surface area contributed by atoms with Crippen LogP contribution in [0.4, 0.5) is 0 Å². The van der Waals surface area contributed by atoms with Crippen LogP contribution in [-0.2, 0) is 49.5 Å². The molecule has 8 nitrogen and oxygen atoms in total. The Morgan fingerprint density at radius 2 is 1.36 bits per heavy atom. The van der Waals surface area contributed by atoms with Crippen molar-refractivity contribution in [3.8, 4) is 0 Å². The van der Waals surface area contributed by atoms with E-state index in [9.17, 15) is 14.2 Å². The Morgan fingerprint density at radius 3 is 2.09 bits per heavy atom. The molecule has 2 unspecified atom stereocenters. The van der Waals surface area contributed by atoms with E-state index in [0.717, 1.165) is 43.9 Å². The van der Waals surface area contributed by atoms with E-state index in [1.165, 1.54) is 0 Å². The first kappa shape index (κ1) is 37.7. The lowest BCUT2D eigenvalue weighted by Crippen LogP contribution is -2.53. The van der Waals surface area contributed by atoms with Crippen LogP contribution in [0.15, 0.2) is 134 Å². The number of fused-ring (bicyclic) bond motifs is 2. The number of benzene rings is 5. The Kier molecular flexibility index (Phi) is 13.3. The molecule has 53 heavy (non-hydrogen) atoms. The molecular formula is C44H48N3O5P. The molecule has 0 spiro atoms. The molecular weight excluding hydrogens is 681 g/mol. The van der Waals surface area contributed by atoms with E-state index in [4.69, 9.17) is 9.26 Å². The third-order valence-electron chi connectivity index (χ3n) is 9.44. The van der Waals surface area contributed by atoms with Gasteiger partial charge in [-0.3, -0.25) is 14.7 Å². The second-order valence-electron chi connectivity index (χ2n) is 13.9. The summed E-state index contributed by atoms with van der Waals surface area (Å²) in [6, 6.07) is 39.7. The highest BCUT2D eigenvalue weighted by molar-refractivity contribution is 7.39. The van der Waals surface area contributed by atoms with Crippen molar-refractivity contribution >= 4 is 41.6 Å². The maximum Gasteiger partial charge on any atom is 0.329 e. The molecule has 0 radical (unpaired) electrons. The zero-order chi connectivity index (χ0) is 37.0. The van der Waals surface area contributed by atoms with E-state index in [2.05, 4.69) is 39.9 Å². The zero-order valence-corrected chi connectivity index (χ0v) is 31.3. The summed E-state index contributed by atoms with van der Waals surface area (Å²) in [5, 5.41) is 9.76. The fourth-order valence-corrected chi connectivity index (χ4v) is 7.92. The van der Waals surface area contributed by atoms with E-state index in [0.29, 0.717) is 19.3 Å². The predicted octanol–water partition coefficient (Wildman–Crippen LogP) is 8.75. The third-order valence-corrected chi connectivity index (χ3v) is 10.9. The zero-order valence-electron chi connectivity index (χ0n) is 30.3. The van der Waals surface area contributed by atoms with Crippen LogP contribution in [0.1, 0.15) is 48.9 Å². The highest BCUT2D eigenvalue weighted by Gasteiger charge is 2.31. The van der Waals surface area contributed by atoms with Gasteiger partial charge in [-0.2, -0.15) is 0 Å². The maximum atomic E-state index is 14.3. The van der Waals surface area contributed by atoms with Gasteiger partial charge in [0.1, 0.15) is 12.6 Å². The Morgan fingerprint density at radius 1 is 0.717 bits per heavy atom. The minimum atomic E-state index is -2.70. The Labute approximate surface area is 312 Å². The Bertz CT molecular complexity index is 2110. The van der Waals surface area contributed by atoms with Crippen LogP contribution in [0.2, 0.25) is 0 Å². The van der Waals surface area contributed by atoms with Crippen LogP contribution in [0.25, 0.3) is 21.7 Å². The van der Waals surface area contributed by atoms with Gasteiger partial charge in [0.05, 0.1) is 18.4 Å². The van der Waals surface area contributed by atoms with Crippen LogP contribution in [-0.4, -0.2) is 34.7 Å². The number of hydrogen-bond acceptors (Lipinski definition) is 6. The van der Waals surface area contributed by atoms with Gasteiger partial charge in [0.15, 0.2) is 0 Å². The molecule has 0 fully saturated rings. The molecule has 0 aliphatic rings. The fraction of sp³-hybridized carbons (Fsp3) is 0.273. The Balaban J connectivity index is 1.23. The molecule has 1 heterocycles. The van der Waals surface area contributed by atoms with Crippen molar-refractivity contribution in [1.29, 1.82) is 0 Å². The van der Waals surface area contributed by atoms with Crippen molar-refractivity contribution in [3.63, 3.8) is 0 Å². The first-order valence-electron chi connectivity index (χ1n) is 18.3. The molecule has 4 atom stereocenters. The number of ether oxygens (including phenoxy) is 1. The number of aromatic nitrogens is 1. The first-order valence-corrected chi connectivity index (χ1v) is 19.7. The van der Waals surface area contributed by atoms with Crippen molar-refractivity contribution < 1.29 is 23.4 Å². The van der Waals surface area contributed by atoms with Gasteiger partial charge in [-0.25, -0.2) is 4.79 Å². The molecule has 0 aliphatic carbocycles.